The summed E-state index contributed by atoms with van der Waals surface area (Å²) in [4.78, 5) is 11.8. The van der Waals surface area contributed by atoms with Gasteiger partial charge in [-0.1, -0.05) is 27.7 Å². The van der Waals surface area contributed by atoms with Crippen molar-refractivity contribution in [2.75, 3.05) is 13.2 Å². The Morgan fingerprint density at radius 2 is 1.89 bits per heavy atom. The molecular weight excluding hydrogens is 228 g/mol. The number of hydrogen-bond acceptors (Lipinski definition) is 2. The molecule has 0 radical (unpaired) electrons. The second kappa shape index (κ2) is 6.41. The molecule has 1 atom stereocenters. The van der Waals surface area contributed by atoms with Crippen molar-refractivity contribution in [3.05, 3.63) is 0 Å². The van der Waals surface area contributed by atoms with Gasteiger partial charge in [0, 0.05) is 6.54 Å². The maximum atomic E-state index is 11.8. The Kier molecular flexibility index (Phi) is 5.45. The van der Waals surface area contributed by atoms with Gasteiger partial charge in [0.15, 0.2) is 0 Å². The summed E-state index contributed by atoms with van der Waals surface area (Å²) in [5, 5.41) is 15.0. The second-order valence-electron chi connectivity index (χ2n) is 6.35. The molecule has 4 heteroatoms. The highest BCUT2D eigenvalue weighted by Crippen LogP contribution is 2.51. The molecule has 1 aliphatic rings. The van der Waals surface area contributed by atoms with E-state index in [0.29, 0.717) is 17.3 Å². The summed E-state index contributed by atoms with van der Waals surface area (Å²) in [5.41, 5.74) is 0.324. The average molecular weight is 256 g/mol. The molecule has 1 fully saturated rings. The van der Waals surface area contributed by atoms with E-state index >= 15 is 0 Å². The van der Waals surface area contributed by atoms with Crippen LogP contribution in [0.1, 0.15) is 47.0 Å². The Morgan fingerprint density at radius 3 is 2.28 bits per heavy atom. The maximum Gasteiger partial charge on any atom is 0.315 e. The SMILES string of the molecule is CC(C)CC(CO)NC(=O)NCC1(C(C)C)CC1. The lowest BCUT2D eigenvalue weighted by molar-refractivity contribution is 0.204. The van der Waals surface area contributed by atoms with Crippen molar-refractivity contribution in [2.45, 2.75) is 53.0 Å². The highest BCUT2D eigenvalue weighted by Gasteiger charge is 2.45. The summed E-state index contributed by atoms with van der Waals surface area (Å²) in [7, 11) is 0. The summed E-state index contributed by atoms with van der Waals surface area (Å²) >= 11 is 0. The smallest absolute Gasteiger partial charge is 0.315 e. The topological polar surface area (TPSA) is 61.4 Å². The van der Waals surface area contributed by atoms with Crippen molar-refractivity contribution in [3.8, 4) is 0 Å². The summed E-state index contributed by atoms with van der Waals surface area (Å²) in [6.45, 7) is 9.33. The molecular formula is C14H28N2O2. The van der Waals surface area contributed by atoms with Gasteiger partial charge < -0.3 is 15.7 Å². The van der Waals surface area contributed by atoms with Gasteiger partial charge in [-0.25, -0.2) is 4.79 Å². The monoisotopic (exact) mass is 256 g/mol. The van der Waals surface area contributed by atoms with Crippen LogP contribution in [0.4, 0.5) is 4.79 Å². The Labute approximate surface area is 111 Å². The maximum absolute atomic E-state index is 11.8. The van der Waals surface area contributed by atoms with Gasteiger partial charge in [0.2, 0.25) is 0 Å². The predicted molar refractivity (Wildman–Crippen MR) is 73.4 cm³/mol. The minimum atomic E-state index is -0.151. The molecule has 0 saturated heterocycles. The zero-order valence-electron chi connectivity index (χ0n) is 12.1. The van der Waals surface area contributed by atoms with Crippen molar-refractivity contribution in [2.24, 2.45) is 17.3 Å². The fourth-order valence-electron chi connectivity index (χ4n) is 2.36. The summed E-state index contributed by atoms with van der Waals surface area (Å²) in [6, 6.07) is -0.291. The van der Waals surface area contributed by atoms with Gasteiger partial charge in [-0.3, -0.25) is 0 Å². The lowest BCUT2D eigenvalue weighted by Gasteiger charge is -2.22. The molecule has 3 N–H and O–H groups in total. The minimum absolute atomic E-state index is 0.000916. The third-order valence-corrected chi connectivity index (χ3v) is 4.03. The molecule has 1 aliphatic carbocycles. The van der Waals surface area contributed by atoms with Crippen LogP contribution in [0.3, 0.4) is 0 Å². The van der Waals surface area contributed by atoms with E-state index in [1.54, 1.807) is 0 Å². The van der Waals surface area contributed by atoms with Gasteiger partial charge in [0.25, 0.3) is 0 Å². The molecule has 0 bridgehead atoms. The predicted octanol–water partition coefficient (Wildman–Crippen LogP) is 2.13. The van der Waals surface area contributed by atoms with Crippen LogP contribution in [-0.4, -0.2) is 30.3 Å². The third-order valence-electron chi connectivity index (χ3n) is 4.03. The lowest BCUT2D eigenvalue weighted by atomic mass is 9.92. The lowest BCUT2D eigenvalue weighted by Crippen LogP contribution is -2.46. The van der Waals surface area contributed by atoms with Crippen molar-refractivity contribution >= 4 is 6.03 Å². The number of amides is 2. The van der Waals surface area contributed by atoms with E-state index in [1.807, 2.05) is 0 Å². The molecule has 0 aromatic carbocycles. The molecule has 2 amide bonds. The highest BCUT2D eigenvalue weighted by atomic mass is 16.3. The van der Waals surface area contributed by atoms with Crippen LogP contribution in [0.2, 0.25) is 0 Å². The van der Waals surface area contributed by atoms with Crippen molar-refractivity contribution in [1.82, 2.24) is 10.6 Å². The highest BCUT2D eigenvalue weighted by molar-refractivity contribution is 5.74. The van der Waals surface area contributed by atoms with Crippen LogP contribution in [-0.2, 0) is 0 Å². The van der Waals surface area contributed by atoms with Gasteiger partial charge in [-0.15, -0.1) is 0 Å². The Hall–Kier alpha value is -0.770. The van der Waals surface area contributed by atoms with E-state index < -0.39 is 0 Å². The zero-order valence-corrected chi connectivity index (χ0v) is 12.1. The van der Waals surface area contributed by atoms with E-state index in [4.69, 9.17) is 0 Å². The number of rotatable bonds is 7. The molecule has 106 valence electrons. The Morgan fingerprint density at radius 1 is 1.28 bits per heavy atom. The number of aliphatic hydroxyl groups excluding tert-OH is 1. The average Bonchev–Trinajstić information content (AvgIpc) is 3.06. The first-order valence-corrected chi connectivity index (χ1v) is 7.05. The van der Waals surface area contributed by atoms with Gasteiger partial charge in [0.1, 0.15) is 0 Å². The second-order valence-corrected chi connectivity index (χ2v) is 6.35. The number of aliphatic hydroxyl groups is 1. The normalized spacial score (nSPS) is 18.8. The van der Waals surface area contributed by atoms with Crippen LogP contribution in [0.5, 0.6) is 0 Å². The fourth-order valence-corrected chi connectivity index (χ4v) is 2.36. The van der Waals surface area contributed by atoms with Gasteiger partial charge in [-0.2, -0.15) is 0 Å². The first-order chi connectivity index (χ1) is 8.39. The summed E-state index contributed by atoms with van der Waals surface area (Å²) in [6.07, 6.45) is 3.22. The zero-order chi connectivity index (χ0) is 13.8. The number of carbonyl (C=O) groups excluding carboxylic acids is 1. The van der Waals surface area contributed by atoms with Crippen molar-refractivity contribution in [1.29, 1.82) is 0 Å². The molecule has 18 heavy (non-hydrogen) atoms. The van der Waals surface area contributed by atoms with E-state index in [1.165, 1.54) is 12.8 Å². The van der Waals surface area contributed by atoms with E-state index in [-0.39, 0.29) is 18.7 Å². The quantitative estimate of drug-likeness (QED) is 0.653. The van der Waals surface area contributed by atoms with Crippen molar-refractivity contribution in [3.63, 3.8) is 0 Å². The summed E-state index contributed by atoms with van der Waals surface area (Å²) in [5.74, 6) is 1.08. The van der Waals surface area contributed by atoms with Gasteiger partial charge >= 0.3 is 6.03 Å². The van der Waals surface area contributed by atoms with Crippen LogP contribution >= 0.6 is 0 Å². The van der Waals surface area contributed by atoms with Crippen LogP contribution in [0, 0.1) is 17.3 Å². The standard InChI is InChI=1S/C14H28N2O2/c1-10(2)7-12(8-17)16-13(18)15-9-14(5-6-14)11(3)4/h10-12,17H,5-9H2,1-4H3,(H2,15,16,18). The number of urea groups is 1. The Balaban J connectivity index is 2.28. The van der Waals surface area contributed by atoms with Crippen LogP contribution in [0.15, 0.2) is 0 Å². The molecule has 0 aromatic heterocycles. The molecule has 0 heterocycles. The Bertz CT molecular complexity index is 273. The molecule has 1 unspecified atom stereocenters. The number of nitrogens with one attached hydrogen (secondary N) is 2. The van der Waals surface area contributed by atoms with Crippen molar-refractivity contribution < 1.29 is 9.90 Å². The van der Waals surface area contributed by atoms with Gasteiger partial charge in [-0.05, 0) is 36.5 Å². The molecule has 0 spiro atoms. The fraction of sp³-hybridized carbons (Fsp3) is 0.929. The molecule has 1 rings (SSSR count). The molecule has 1 saturated carbocycles. The van der Waals surface area contributed by atoms with E-state index in [9.17, 15) is 9.90 Å². The van der Waals surface area contributed by atoms with E-state index in [2.05, 4.69) is 38.3 Å². The largest absolute Gasteiger partial charge is 0.394 e. The molecule has 0 aliphatic heterocycles. The molecule has 0 aromatic rings. The minimum Gasteiger partial charge on any atom is -0.394 e. The van der Waals surface area contributed by atoms with Crippen LogP contribution < -0.4 is 10.6 Å². The number of hydrogen-bond donors (Lipinski definition) is 3. The first-order valence-electron chi connectivity index (χ1n) is 7.05. The number of carbonyl (C=O) groups is 1. The summed E-state index contributed by atoms with van der Waals surface area (Å²) < 4.78 is 0. The molecule has 4 nitrogen and oxygen atoms in total. The van der Waals surface area contributed by atoms with Crippen LogP contribution in [0.25, 0.3) is 0 Å². The van der Waals surface area contributed by atoms with Gasteiger partial charge in [0.05, 0.1) is 12.6 Å². The third kappa shape index (κ3) is 4.48. The first kappa shape index (κ1) is 15.3. The van der Waals surface area contributed by atoms with E-state index in [0.717, 1.165) is 13.0 Å².